The van der Waals surface area contributed by atoms with Gasteiger partial charge >= 0.3 is 0 Å². The van der Waals surface area contributed by atoms with Crippen molar-refractivity contribution < 1.29 is 18.3 Å². The van der Waals surface area contributed by atoms with Crippen molar-refractivity contribution in [1.82, 2.24) is 5.32 Å². The van der Waals surface area contributed by atoms with Crippen molar-refractivity contribution >= 4 is 11.6 Å². The van der Waals surface area contributed by atoms with Crippen LogP contribution in [-0.2, 0) is 0 Å². The number of carbonyl (C=O) groups excluding carboxylic acids is 1. The van der Waals surface area contributed by atoms with Gasteiger partial charge in [-0.3, -0.25) is 4.79 Å². The lowest BCUT2D eigenvalue weighted by atomic mass is 10.2. The van der Waals surface area contributed by atoms with Gasteiger partial charge in [-0.1, -0.05) is 0 Å². The van der Waals surface area contributed by atoms with Crippen LogP contribution in [0.4, 0.5) is 14.5 Å². The highest BCUT2D eigenvalue weighted by atomic mass is 19.1. The predicted molar refractivity (Wildman–Crippen MR) is 75.0 cm³/mol. The zero-order chi connectivity index (χ0) is 15.2. The average molecular weight is 292 g/mol. The maximum Gasteiger partial charge on any atom is 0.251 e. The SMILES string of the molecule is Nc1ccc(OCCNC(=O)c2cc(F)cc(F)c2)cc1. The van der Waals surface area contributed by atoms with Crippen LogP contribution >= 0.6 is 0 Å². The number of ether oxygens (including phenoxy) is 1. The van der Waals surface area contributed by atoms with E-state index in [4.69, 9.17) is 10.5 Å². The number of hydrogen-bond acceptors (Lipinski definition) is 3. The van der Waals surface area contributed by atoms with Crippen molar-refractivity contribution in [2.75, 3.05) is 18.9 Å². The lowest BCUT2D eigenvalue weighted by Crippen LogP contribution is -2.28. The van der Waals surface area contributed by atoms with Crippen LogP contribution in [0.3, 0.4) is 0 Å². The molecule has 0 aromatic heterocycles. The fourth-order valence-corrected chi connectivity index (χ4v) is 1.68. The van der Waals surface area contributed by atoms with Crippen LogP contribution in [0.2, 0.25) is 0 Å². The first kappa shape index (κ1) is 14.8. The number of carbonyl (C=O) groups is 1. The van der Waals surface area contributed by atoms with E-state index in [2.05, 4.69) is 5.32 Å². The fourth-order valence-electron chi connectivity index (χ4n) is 1.68. The van der Waals surface area contributed by atoms with Gasteiger partial charge in [-0.2, -0.15) is 0 Å². The number of nitrogens with two attached hydrogens (primary N) is 1. The zero-order valence-electron chi connectivity index (χ0n) is 11.1. The minimum absolute atomic E-state index is 0.0695. The van der Waals surface area contributed by atoms with Gasteiger partial charge in [-0.25, -0.2) is 8.78 Å². The Hall–Kier alpha value is -2.63. The van der Waals surface area contributed by atoms with Gasteiger partial charge in [0, 0.05) is 17.3 Å². The van der Waals surface area contributed by atoms with Gasteiger partial charge in [0.15, 0.2) is 0 Å². The van der Waals surface area contributed by atoms with Gasteiger partial charge in [-0.05, 0) is 36.4 Å². The third-order valence-corrected chi connectivity index (χ3v) is 2.66. The Morgan fingerprint density at radius 3 is 2.33 bits per heavy atom. The minimum Gasteiger partial charge on any atom is -0.492 e. The molecule has 0 fully saturated rings. The minimum atomic E-state index is -0.793. The van der Waals surface area contributed by atoms with Crippen LogP contribution in [0, 0.1) is 11.6 Å². The number of benzene rings is 2. The maximum absolute atomic E-state index is 13.0. The maximum atomic E-state index is 13.0. The molecular formula is C15H14F2N2O2. The van der Waals surface area contributed by atoms with Gasteiger partial charge < -0.3 is 15.8 Å². The smallest absolute Gasteiger partial charge is 0.251 e. The van der Waals surface area contributed by atoms with Gasteiger partial charge in [-0.15, -0.1) is 0 Å². The molecule has 1 amide bonds. The molecule has 6 heteroatoms. The predicted octanol–water partition coefficient (Wildman–Crippen LogP) is 2.36. The standard InChI is InChI=1S/C15H14F2N2O2/c16-11-7-10(8-12(17)9-11)15(20)19-5-6-21-14-3-1-13(18)2-4-14/h1-4,7-9H,5-6,18H2,(H,19,20). The largest absolute Gasteiger partial charge is 0.492 e. The van der Waals surface area contributed by atoms with E-state index in [0.29, 0.717) is 17.5 Å². The Kier molecular flexibility index (Phi) is 4.71. The molecule has 0 atom stereocenters. The van der Waals surface area contributed by atoms with Crippen LogP contribution in [0.15, 0.2) is 42.5 Å². The summed E-state index contributed by atoms with van der Waals surface area (Å²) < 4.78 is 31.3. The van der Waals surface area contributed by atoms with Gasteiger partial charge in [0.2, 0.25) is 0 Å². The molecule has 2 aromatic carbocycles. The van der Waals surface area contributed by atoms with Crippen molar-refractivity contribution in [3.63, 3.8) is 0 Å². The molecule has 0 aliphatic rings. The molecule has 0 heterocycles. The molecule has 0 radical (unpaired) electrons. The van der Waals surface area contributed by atoms with Crippen molar-refractivity contribution in [3.05, 3.63) is 59.7 Å². The zero-order valence-corrected chi connectivity index (χ0v) is 11.1. The molecule has 110 valence electrons. The Morgan fingerprint density at radius 2 is 1.71 bits per heavy atom. The number of rotatable bonds is 5. The molecule has 3 N–H and O–H groups in total. The summed E-state index contributed by atoms with van der Waals surface area (Å²) >= 11 is 0. The second kappa shape index (κ2) is 6.69. The molecular weight excluding hydrogens is 278 g/mol. The molecule has 2 rings (SSSR count). The van der Waals surface area contributed by atoms with E-state index in [1.165, 1.54) is 0 Å². The topological polar surface area (TPSA) is 64.3 Å². The number of nitrogen functional groups attached to an aromatic ring is 1. The second-order valence-corrected chi connectivity index (χ2v) is 4.33. The van der Waals surface area contributed by atoms with Crippen LogP contribution in [0.1, 0.15) is 10.4 Å². The van der Waals surface area contributed by atoms with Crippen molar-refractivity contribution in [3.8, 4) is 5.75 Å². The van der Waals surface area contributed by atoms with Crippen LogP contribution in [-0.4, -0.2) is 19.1 Å². The Morgan fingerprint density at radius 1 is 1.10 bits per heavy atom. The molecule has 2 aromatic rings. The van der Waals surface area contributed by atoms with Crippen LogP contribution in [0.5, 0.6) is 5.75 Å². The molecule has 0 aliphatic heterocycles. The van der Waals surface area contributed by atoms with Crippen molar-refractivity contribution in [2.24, 2.45) is 0 Å². The number of hydrogen-bond donors (Lipinski definition) is 2. The summed E-state index contributed by atoms with van der Waals surface area (Å²) in [6.45, 7) is 0.439. The monoisotopic (exact) mass is 292 g/mol. The Labute approximate surface area is 120 Å². The first-order valence-electron chi connectivity index (χ1n) is 6.27. The van der Waals surface area contributed by atoms with Gasteiger partial charge in [0.25, 0.3) is 5.91 Å². The molecule has 0 saturated heterocycles. The van der Waals surface area contributed by atoms with E-state index in [-0.39, 0.29) is 18.7 Å². The summed E-state index contributed by atoms with van der Waals surface area (Å²) in [5.74, 6) is -1.53. The number of halogens is 2. The summed E-state index contributed by atoms with van der Waals surface area (Å²) in [5, 5.41) is 2.51. The number of amides is 1. The van der Waals surface area contributed by atoms with Crippen LogP contribution < -0.4 is 15.8 Å². The highest BCUT2D eigenvalue weighted by molar-refractivity contribution is 5.94. The lowest BCUT2D eigenvalue weighted by molar-refractivity contribution is 0.0946. The number of anilines is 1. The van der Waals surface area contributed by atoms with Crippen LogP contribution in [0.25, 0.3) is 0 Å². The molecule has 0 saturated carbocycles. The van der Waals surface area contributed by atoms with E-state index in [1.807, 2.05) is 0 Å². The normalized spacial score (nSPS) is 10.2. The van der Waals surface area contributed by atoms with Gasteiger partial charge in [0.05, 0.1) is 6.54 Å². The molecule has 4 nitrogen and oxygen atoms in total. The van der Waals surface area contributed by atoms with E-state index in [9.17, 15) is 13.6 Å². The summed E-state index contributed by atoms with van der Waals surface area (Å²) in [4.78, 5) is 11.7. The molecule has 0 aliphatic carbocycles. The van der Waals surface area contributed by atoms with E-state index >= 15 is 0 Å². The first-order chi connectivity index (χ1) is 10.0. The van der Waals surface area contributed by atoms with E-state index < -0.39 is 17.5 Å². The molecule has 0 spiro atoms. The third-order valence-electron chi connectivity index (χ3n) is 2.66. The average Bonchev–Trinajstić information content (AvgIpc) is 2.44. The molecule has 0 unspecified atom stereocenters. The fraction of sp³-hybridized carbons (Fsp3) is 0.133. The van der Waals surface area contributed by atoms with Crippen molar-refractivity contribution in [1.29, 1.82) is 0 Å². The number of nitrogens with one attached hydrogen (secondary N) is 1. The highest BCUT2D eigenvalue weighted by Crippen LogP contribution is 2.12. The Balaban J connectivity index is 1.80. The summed E-state index contributed by atoms with van der Waals surface area (Å²) in [5.41, 5.74) is 6.10. The quantitative estimate of drug-likeness (QED) is 0.657. The summed E-state index contributed by atoms with van der Waals surface area (Å²) in [7, 11) is 0. The Bertz CT molecular complexity index is 610. The van der Waals surface area contributed by atoms with E-state index in [0.717, 1.165) is 12.1 Å². The molecule has 21 heavy (non-hydrogen) atoms. The second-order valence-electron chi connectivity index (χ2n) is 4.33. The first-order valence-corrected chi connectivity index (χ1v) is 6.27. The van der Waals surface area contributed by atoms with Crippen molar-refractivity contribution in [2.45, 2.75) is 0 Å². The van der Waals surface area contributed by atoms with E-state index in [1.54, 1.807) is 24.3 Å². The summed E-state index contributed by atoms with van der Waals surface area (Å²) in [6.07, 6.45) is 0. The van der Waals surface area contributed by atoms with Gasteiger partial charge in [0.1, 0.15) is 24.0 Å². The summed E-state index contributed by atoms with van der Waals surface area (Å²) in [6, 6.07) is 9.46. The highest BCUT2D eigenvalue weighted by Gasteiger charge is 2.08. The lowest BCUT2D eigenvalue weighted by Gasteiger charge is -2.08. The molecule has 0 bridgehead atoms. The third kappa shape index (κ3) is 4.45.